The quantitative estimate of drug-likeness (QED) is 0.934. The van der Waals surface area contributed by atoms with Crippen LogP contribution in [0.5, 0.6) is 0 Å². The topological polar surface area (TPSA) is 75.4 Å². The lowest BCUT2D eigenvalue weighted by molar-refractivity contribution is -0.0278. The number of rotatable bonds is 4. The van der Waals surface area contributed by atoms with Crippen LogP contribution in [0.2, 0.25) is 0 Å². The molecule has 0 aliphatic carbocycles. The number of benzene rings is 1. The lowest BCUT2D eigenvalue weighted by atomic mass is 10.1. The van der Waals surface area contributed by atoms with Gasteiger partial charge in [0, 0.05) is 25.2 Å². The highest BCUT2D eigenvalue weighted by molar-refractivity contribution is 5.66. The van der Waals surface area contributed by atoms with Crippen LogP contribution in [0.1, 0.15) is 11.3 Å². The molecule has 1 aromatic heterocycles. The molecule has 0 bridgehead atoms. The SMILES string of the molecule is N#Cc1ccccc1-c1ccc(CN2CCO[C@@H](CN)C2)o1. The van der Waals surface area contributed by atoms with Crippen molar-refractivity contribution in [3.63, 3.8) is 0 Å². The molecular weight excluding hydrogens is 278 g/mol. The van der Waals surface area contributed by atoms with Gasteiger partial charge >= 0.3 is 0 Å². The Morgan fingerprint density at radius 3 is 2.95 bits per heavy atom. The minimum atomic E-state index is 0.0995. The molecule has 1 fully saturated rings. The zero-order chi connectivity index (χ0) is 15.4. The number of furan rings is 1. The zero-order valence-corrected chi connectivity index (χ0v) is 12.4. The summed E-state index contributed by atoms with van der Waals surface area (Å²) in [6.45, 7) is 3.67. The van der Waals surface area contributed by atoms with Crippen LogP contribution >= 0.6 is 0 Å². The molecule has 1 saturated heterocycles. The van der Waals surface area contributed by atoms with Crippen LogP contribution in [0.3, 0.4) is 0 Å². The summed E-state index contributed by atoms with van der Waals surface area (Å²) in [6, 6.07) is 13.6. The summed E-state index contributed by atoms with van der Waals surface area (Å²) in [7, 11) is 0. The second kappa shape index (κ2) is 6.75. The maximum atomic E-state index is 9.18. The summed E-state index contributed by atoms with van der Waals surface area (Å²) in [6.07, 6.45) is 0.0995. The molecule has 0 saturated carbocycles. The van der Waals surface area contributed by atoms with Crippen molar-refractivity contribution in [1.82, 2.24) is 4.90 Å². The van der Waals surface area contributed by atoms with Gasteiger partial charge in [-0.15, -0.1) is 0 Å². The standard InChI is InChI=1S/C17H19N3O2/c18-9-13-3-1-2-4-16(13)17-6-5-14(22-17)11-20-7-8-21-15(10-19)12-20/h1-6,15H,7-8,10-12,19H2/t15-/m0/s1. The van der Waals surface area contributed by atoms with Gasteiger partial charge in [0.25, 0.3) is 0 Å². The monoisotopic (exact) mass is 297 g/mol. The molecule has 5 nitrogen and oxygen atoms in total. The van der Waals surface area contributed by atoms with Crippen LogP contribution in [0.25, 0.3) is 11.3 Å². The van der Waals surface area contributed by atoms with Gasteiger partial charge in [-0.2, -0.15) is 5.26 Å². The van der Waals surface area contributed by atoms with Gasteiger partial charge in [0.05, 0.1) is 30.9 Å². The van der Waals surface area contributed by atoms with Crippen LogP contribution < -0.4 is 5.73 Å². The molecule has 1 aromatic carbocycles. The first-order chi connectivity index (χ1) is 10.8. The van der Waals surface area contributed by atoms with E-state index in [1.54, 1.807) is 6.07 Å². The Hall–Kier alpha value is -2.13. The van der Waals surface area contributed by atoms with E-state index < -0.39 is 0 Å². The van der Waals surface area contributed by atoms with Crippen molar-refractivity contribution in [3.05, 3.63) is 47.7 Å². The van der Waals surface area contributed by atoms with Crippen LogP contribution in [0.15, 0.2) is 40.8 Å². The molecule has 0 amide bonds. The van der Waals surface area contributed by atoms with Gasteiger partial charge < -0.3 is 14.9 Å². The summed E-state index contributed by atoms with van der Waals surface area (Å²) in [5.41, 5.74) is 7.12. The molecule has 2 aromatic rings. The number of hydrogen-bond acceptors (Lipinski definition) is 5. The third-order valence-corrected chi connectivity index (χ3v) is 3.84. The first-order valence-electron chi connectivity index (χ1n) is 7.42. The molecular formula is C17H19N3O2. The van der Waals surface area contributed by atoms with E-state index in [4.69, 9.17) is 14.9 Å². The molecule has 114 valence electrons. The van der Waals surface area contributed by atoms with Gasteiger partial charge in [0.1, 0.15) is 11.5 Å². The molecule has 1 aliphatic heterocycles. The maximum absolute atomic E-state index is 9.18. The highest BCUT2D eigenvalue weighted by atomic mass is 16.5. The van der Waals surface area contributed by atoms with E-state index in [2.05, 4.69) is 11.0 Å². The van der Waals surface area contributed by atoms with E-state index in [0.29, 0.717) is 18.7 Å². The molecule has 0 unspecified atom stereocenters. The summed E-state index contributed by atoms with van der Waals surface area (Å²) in [4.78, 5) is 2.28. The van der Waals surface area contributed by atoms with Gasteiger partial charge in [-0.1, -0.05) is 12.1 Å². The van der Waals surface area contributed by atoms with Crippen LogP contribution in [0.4, 0.5) is 0 Å². The average Bonchev–Trinajstić information content (AvgIpc) is 3.03. The second-order valence-corrected chi connectivity index (χ2v) is 5.39. The van der Waals surface area contributed by atoms with Gasteiger partial charge in [0.15, 0.2) is 0 Å². The molecule has 1 atom stereocenters. The van der Waals surface area contributed by atoms with Gasteiger partial charge in [-0.05, 0) is 24.3 Å². The first-order valence-corrected chi connectivity index (χ1v) is 7.42. The fourth-order valence-corrected chi connectivity index (χ4v) is 2.69. The third-order valence-electron chi connectivity index (χ3n) is 3.84. The Balaban J connectivity index is 1.73. The Bertz CT molecular complexity index is 675. The molecule has 2 heterocycles. The summed E-state index contributed by atoms with van der Waals surface area (Å²) in [5, 5.41) is 9.18. The van der Waals surface area contributed by atoms with E-state index in [9.17, 15) is 5.26 Å². The third kappa shape index (κ3) is 3.20. The fourth-order valence-electron chi connectivity index (χ4n) is 2.69. The summed E-state index contributed by atoms with van der Waals surface area (Å²) in [5.74, 6) is 1.62. The summed E-state index contributed by atoms with van der Waals surface area (Å²) < 4.78 is 11.5. The molecule has 5 heteroatoms. The van der Waals surface area contributed by atoms with E-state index in [0.717, 1.165) is 36.7 Å². The number of morpholine rings is 1. The smallest absolute Gasteiger partial charge is 0.135 e. The van der Waals surface area contributed by atoms with Gasteiger partial charge in [-0.3, -0.25) is 4.90 Å². The Morgan fingerprint density at radius 2 is 2.14 bits per heavy atom. The van der Waals surface area contributed by atoms with E-state index in [1.807, 2.05) is 30.3 Å². The Morgan fingerprint density at radius 1 is 1.27 bits per heavy atom. The van der Waals surface area contributed by atoms with E-state index in [1.165, 1.54) is 0 Å². The first kappa shape index (κ1) is 14.8. The molecule has 22 heavy (non-hydrogen) atoms. The van der Waals surface area contributed by atoms with Crippen molar-refractivity contribution < 1.29 is 9.15 Å². The highest BCUT2D eigenvalue weighted by Gasteiger charge is 2.20. The van der Waals surface area contributed by atoms with E-state index >= 15 is 0 Å². The van der Waals surface area contributed by atoms with Crippen molar-refractivity contribution in [2.45, 2.75) is 12.6 Å². The number of nitrogens with two attached hydrogens (primary N) is 1. The lowest BCUT2D eigenvalue weighted by Gasteiger charge is -2.31. The van der Waals surface area contributed by atoms with Crippen molar-refractivity contribution in [2.75, 3.05) is 26.2 Å². The van der Waals surface area contributed by atoms with E-state index in [-0.39, 0.29) is 6.10 Å². The van der Waals surface area contributed by atoms with Crippen LogP contribution in [0, 0.1) is 11.3 Å². The largest absolute Gasteiger partial charge is 0.460 e. The molecule has 3 rings (SSSR count). The van der Waals surface area contributed by atoms with Crippen molar-refractivity contribution in [3.8, 4) is 17.4 Å². The highest BCUT2D eigenvalue weighted by Crippen LogP contribution is 2.26. The fraction of sp³-hybridized carbons (Fsp3) is 0.353. The number of hydrogen-bond donors (Lipinski definition) is 1. The maximum Gasteiger partial charge on any atom is 0.135 e. The normalized spacial score (nSPS) is 19.0. The van der Waals surface area contributed by atoms with Crippen molar-refractivity contribution in [2.24, 2.45) is 5.73 Å². The van der Waals surface area contributed by atoms with Gasteiger partial charge in [0.2, 0.25) is 0 Å². The van der Waals surface area contributed by atoms with Crippen LogP contribution in [-0.4, -0.2) is 37.2 Å². The molecule has 2 N–H and O–H groups in total. The predicted octanol–water partition coefficient (Wildman–Crippen LogP) is 1.98. The number of ether oxygens (including phenoxy) is 1. The second-order valence-electron chi connectivity index (χ2n) is 5.39. The number of nitrogens with zero attached hydrogens (tertiary/aromatic N) is 2. The summed E-state index contributed by atoms with van der Waals surface area (Å²) >= 11 is 0. The number of nitriles is 1. The molecule has 0 spiro atoms. The average molecular weight is 297 g/mol. The lowest BCUT2D eigenvalue weighted by Crippen LogP contribution is -2.45. The zero-order valence-electron chi connectivity index (χ0n) is 12.4. The van der Waals surface area contributed by atoms with Crippen LogP contribution in [-0.2, 0) is 11.3 Å². The van der Waals surface area contributed by atoms with Crippen molar-refractivity contribution >= 4 is 0 Å². The van der Waals surface area contributed by atoms with Gasteiger partial charge in [-0.25, -0.2) is 0 Å². The molecule has 1 aliphatic rings. The Kier molecular flexibility index (Phi) is 4.54. The molecule has 0 radical (unpaired) electrons. The minimum Gasteiger partial charge on any atom is -0.460 e. The Labute approximate surface area is 129 Å². The minimum absolute atomic E-state index is 0.0995. The predicted molar refractivity (Wildman–Crippen MR) is 82.9 cm³/mol. The van der Waals surface area contributed by atoms with Crippen molar-refractivity contribution in [1.29, 1.82) is 5.26 Å².